The van der Waals surface area contributed by atoms with Crippen molar-refractivity contribution in [2.24, 2.45) is 0 Å². The van der Waals surface area contributed by atoms with Crippen LogP contribution in [0, 0.1) is 0 Å². The summed E-state index contributed by atoms with van der Waals surface area (Å²) in [5.74, 6) is 0.693. The average Bonchev–Trinajstić information content (AvgIpc) is 2.91. The Morgan fingerprint density at radius 2 is 1.86 bits per heavy atom. The standard InChI is InChI=1S/C18H24O3/c1-3-4-5-6-7-8-9-16-13-15-12-14(18(19)20-2)10-11-17(15)21-16/h10-13H,3-9H2,1-2H3. The molecule has 0 bridgehead atoms. The summed E-state index contributed by atoms with van der Waals surface area (Å²) in [7, 11) is 1.39. The smallest absolute Gasteiger partial charge is 0.337 e. The van der Waals surface area contributed by atoms with Crippen LogP contribution in [0.25, 0.3) is 11.0 Å². The predicted octanol–water partition coefficient (Wildman–Crippen LogP) is 5.12. The highest BCUT2D eigenvalue weighted by Crippen LogP contribution is 2.22. The van der Waals surface area contributed by atoms with Crippen LogP contribution in [0.15, 0.2) is 28.7 Å². The first-order chi connectivity index (χ1) is 10.2. The summed E-state index contributed by atoms with van der Waals surface area (Å²) in [6.45, 7) is 2.23. The summed E-state index contributed by atoms with van der Waals surface area (Å²) in [5, 5.41) is 0.971. The van der Waals surface area contributed by atoms with E-state index in [9.17, 15) is 4.79 Å². The monoisotopic (exact) mass is 288 g/mol. The van der Waals surface area contributed by atoms with Gasteiger partial charge >= 0.3 is 5.97 Å². The van der Waals surface area contributed by atoms with Gasteiger partial charge in [-0.15, -0.1) is 0 Å². The van der Waals surface area contributed by atoms with Gasteiger partial charge in [-0.3, -0.25) is 0 Å². The SMILES string of the molecule is CCCCCCCCc1cc2cc(C(=O)OC)ccc2o1. The third-order valence-electron chi connectivity index (χ3n) is 3.77. The molecule has 3 nitrogen and oxygen atoms in total. The van der Waals surface area contributed by atoms with E-state index in [1.807, 2.05) is 18.2 Å². The molecular formula is C18H24O3. The maximum atomic E-state index is 11.5. The molecule has 0 aliphatic heterocycles. The Kier molecular flexibility index (Phi) is 5.85. The van der Waals surface area contributed by atoms with E-state index < -0.39 is 0 Å². The van der Waals surface area contributed by atoms with Crippen molar-refractivity contribution in [2.75, 3.05) is 7.11 Å². The van der Waals surface area contributed by atoms with Crippen molar-refractivity contribution < 1.29 is 13.9 Å². The van der Waals surface area contributed by atoms with E-state index in [1.54, 1.807) is 6.07 Å². The first kappa shape index (κ1) is 15.6. The topological polar surface area (TPSA) is 39.4 Å². The normalized spacial score (nSPS) is 11.0. The molecule has 2 rings (SSSR count). The van der Waals surface area contributed by atoms with Crippen molar-refractivity contribution in [3.8, 4) is 0 Å². The van der Waals surface area contributed by atoms with Crippen LogP contribution in [0.4, 0.5) is 0 Å². The second kappa shape index (κ2) is 7.87. The molecule has 0 amide bonds. The van der Waals surface area contributed by atoms with Crippen molar-refractivity contribution in [3.63, 3.8) is 0 Å². The van der Waals surface area contributed by atoms with Crippen LogP contribution in [0.2, 0.25) is 0 Å². The molecule has 0 N–H and O–H groups in total. The van der Waals surface area contributed by atoms with Crippen molar-refractivity contribution in [2.45, 2.75) is 51.9 Å². The minimum absolute atomic E-state index is 0.310. The molecule has 1 heterocycles. The molecule has 0 atom stereocenters. The van der Waals surface area contributed by atoms with Gasteiger partial charge in [0.15, 0.2) is 0 Å². The van der Waals surface area contributed by atoms with Crippen molar-refractivity contribution >= 4 is 16.9 Å². The van der Waals surface area contributed by atoms with Crippen LogP contribution < -0.4 is 0 Å². The minimum Gasteiger partial charge on any atom is -0.465 e. The largest absolute Gasteiger partial charge is 0.465 e. The lowest BCUT2D eigenvalue weighted by Gasteiger charge is -1.98. The maximum absolute atomic E-state index is 11.5. The summed E-state index contributed by atoms with van der Waals surface area (Å²) in [6, 6.07) is 7.45. The number of hydrogen-bond donors (Lipinski definition) is 0. The van der Waals surface area contributed by atoms with Gasteiger partial charge in [-0.2, -0.15) is 0 Å². The number of furan rings is 1. The van der Waals surface area contributed by atoms with Gasteiger partial charge in [0, 0.05) is 11.8 Å². The molecule has 0 saturated heterocycles. The van der Waals surface area contributed by atoms with Crippen molar-refractivity contribution in [1.29, 1.82) is 0 Å². The Bertz CT molecular complexity index is 583. The zero-order valence-electron chi connectivity index (χ0n) is 13.0. The predicted molar refractivity (Wildman–Crippen MR) is 84.6 cm³/mol. The summed E-state index contributed by atoms with van der Waals surface area (Å²) >= 11 is 0. The van der Waals surface area contributed by atoms with Crippen molar-refractivity contribution in [1.82, 2.24) is 0 Å². The minimum atomic E-state index is -0.310. The highest BCUT2D eigenvalue weighted by atomic mass is 16.5. The van der Waals surface area contributed by atoms with Gasteiger partial charge in [0.1, 0.15) is 11.3 Å². The van der Waals surface area contributed by atoms with Crippen LogP contribution in [0.3, 0.4) is 0 Å². The fraction of sp³-hybridized carbons (Fsp3) is 0.500. The number of fused-ring (bicyclic) bond motifs is 1. The molecule has 1 aromatic heterocycles. The number of esters is 1. The fourth-order valence-corrected chi connectivity index (χ4v) is 2.55. The second-order valence-corrected chi connectivity index (χ2v) is 5.47. The van der Waals surface area contributed by atoms with E-state index in [-0.39, 0.29) is 5.97 Å². The Morgan fingerprint density at radius 3 is 2.62 bits per heavy atom. The van der Waals surface area contributed by atoms with Gasteiger partial charge < -0.3 is 9.15 Å². The lowest BCUT2D eigenvalue weighted by atomic mass is 10.1. The molecule has 2 aromatic rings. The number of benzene rings is 1. The lowest BCUT2D eigenvalue weighted by Crippen LogP contribution is -1.99. The highest BCUT2D eigenvalue weighted by Gasteiger charge is 2.09. The first-order valence-corrected chi connectivity index (χ1v) is 7.85. The number of aryl methyl sites for hydroxylation is 1. The molecular weight excluding hydrogens is 264 g/mol. The third kappa shape index (κ3) is 4.35. The molecule has 0 fully saturated rings. The van der Waals surface area contributed by atoms with Crippen molar-refractivity contribution in [3.05, 3.63) is 35.6 Å². The zero-order valence-corrected chi connectivity index (χ0v) is 13.0. The van der Waals surface area contributed by atoms with Crippen LogP contribution >= 0.6 is 0 Å². The zero-order chi connectivity index (χ0) is 15.1. The Labute approximate surface area is 126 Å². The lowest BCUT2D eigenvalue weighted by molar-refractivity contribution is 0.0601. The fourth-order valence-electron chi connectivity index (χ4n) is 2.55. The van der Waals surface area contributed by atoms with Gasteiger partial charge in [-0.25, -0.2) is 4.79 Å². The number of unbranched alkanes of at least 4 members (excludes halogenated alkanes) is 5. The van der Waals surface area contributed by atoms with Gasteiger partial charge in [-0.05, 0) is 30.7 Å². The molecule has 0 unspecified atom stereocenters. The number of carbonyl (C=O) groups excluding carboxylic acids is 1. The third-order valence-corrected chi connectivity index (χ3v) is 3.77. The van der Waals surface area contributed by atoms with E-state index >= 15 is 0 Å². The van der Waals surface area contributed by atoms with E-state index in [4.69, 9.17) is 9.15 Å². The van der Waals surface area contributed by atoms with Crippen LogP contribution in [0.1, 0.15) is 61.6 Å². The molecule has 3 heteroatoms. The molecule has 0 saturated carbocycles. The number of methoxy groups -OCH3 is 1. The van der Waals surface area contributed by atoms with E-state index in [2.05, 4.69) is 6.92 Å². The van der Waals surface area contributed by atoms with E-state index in [1.165, 1.54) is 39.2 Å². The molecule has 0 spiro atoms. The Morgan fingerprint density at radius 1 is 1.10 bits per heavy atom. The second-order valence-electron chi connectivity index (χ2n) is 5.47. The van der Waals surface area contributed by atoms with E-state index in [0.717, 1.165) is 29.6 Å². The van der Waals surface area contributed by atoms with Gasteiger partial charge in [0.05, 0.1) is 12.7 Å². The van der Waals surface area contributed by atoms with Gasteiger partial charge in [-0.1, -0.05) is 39.0 Å². The number of ether oxygens (including phenoxy) is 1. The Balaban J connectivity index is 1.91. The summed E-state index contributed by atoms with van der Waals surface area (Å²) in [6.07, 6.45) is 8.64. The molecule has 21 heavy (non-hydrogen) atoms. The molecule has 0 aliphatic carbocycles. The average molecular weight is 288 g/mol. The van der Waals surface area contributed by atoms with Gasteiger partial charge in [0.25, 0.3) is 0 Å². The van der Waals surface area contributed by atoms with Crippen LogP contribution in [-0.2, 0) is 11.2 Å². The van der Waals surface area contributed by atoms with Crippen LogP contribution in [-0.4, -0.2) is 13.1 Å². The summed E-state index contributed by atoms with van der Waals surface area (Å²) in [4.78, 5) is 11.5. The maximum Gasteiger partial charge on any atom is 0.337 e. The summed E-state index contributed by atoms with van der Waals surface area (Å²) in [5.41, 5.74) is 1.40. The highest BCUT2D eigenvalue weighted by molar-refractivity contribution is 5.94. The quantitative estimate of drug-likeness (QED) is 0.500. The number of rotatable bonds is 8. The molecule has 0 aliphatic rings. The summed E-state index contributed by atoms with van der Waals surface area (Å²) < 4.78 is 10.5. The molecule has 0 radical (unpaired) electrons. The number of carbonyl (C=O) groups is 1. The van der Waals surface area contributed by atoms with Crippen LogP contribution in [0.5, 0.6) is 0 Å². The first-order valence-electron chi connectivity index (χ1n) is 7.85. The Hall–Kier alpha value is -1.77. The molecule has 114 valence electrons. The molecule has 1 aromatic carbocycles. The number of hydrogen-bond acceptors (Lipinski definition) is 3. The van der Waals surface area contributed by atoms with E-state index in [0.29, 0.717) is 5.56 Å². The van der Waals surface area contributed by atoms with Gasteiger partial charge in [0.2, 0.25) is 0 Å².